The zero-order chi connectivity index (χ0) is 13.5. The molecule has 0 amide bonds. The summed E-state index contributed by atoms with van der Waals surface area (Å²) in [5.41, 5.74) is -0.320. The molecule has 0 radical (unpaired) electrons. The van der Waals surface area contributed by atoms with Crippen molar-refractivity contribution in [3.63, 3.8) is 0 Å². The van der Waals surface area contributed by atoms with Gasteiger partial charge >= 0.3 is 11.7 Å². The van der Waals surface area contributed by atoms with Crippen LogP contribution in [0, 0.1) is 0 Å². The minimum absolute atomic E-state index is 0.207. The third-order valence-electron chi connectivity index (χ3n) is 2.39. The lowest BCUT2D eigenvalue weighted by Crippen LogP contribution is -2.14. The number of methoxy groups -OCH3 is 1. The summed E-state index contributed by atoms with van der Waals surface area (Å²) in [5.74, 6) is 1.26. The van der Waals surface area contributed by atoms with E-state index in [1.807, 2.05) is 26.0 Å². The summed E-state index contributed by atoms with van der Waals surface area (Å²) in [5, 5.41) is 6.11. The number of aromatic amines is 1. The largest absolute Gasteiger partial charge is 0.497 e. The van der Waals surface area contributed by atoms with E-state index in [-0.39, 0.29) is 11.7 Å². The average molecular weight is 253 g/mol. The number of ether oxygens (including phenoxy) is 2. The van der Waals surface area contributed by atoms with Crippen LogP contribution in [0.4, 0.5) is 0 Å². The van der Waals surface area contributed by atoms with Crippen molar-refractivity contribution in [1.29, 1.82) is 0 Å². The minimum atomic E-state index is -0.320. The van der Waals surface area contributed by atoms with Crippen molar-refractivity contribution in [3.8, 4) is 6.01 Å². The SMILES string of the molecule is CC/C=C\C(Oc1n[nH]c(=O)n1C)=C(/CC)OC. The van der Waals surface area contributed by atoms with Crippen LogP contribution in [0.5, 0.6) is 6.01 Å². The highest BCUT2D eigenvalue weighted by molar-refractivity contribution is 5.19. The molecular formula is C12H19N3O3. The number of hydrogen-bond acceptors (Lipinski definition) is 4. The van der Waals surface area contributed by atoms with E-state index in [1.165, 1.54) is 4.57 Å². The van der Waals surface area contributed by atoms with Gasteiger partial charge in [-0.15, -0.1) is 5.10 Å². The van der Waals surface area contributed by atoms with Gasteiger partial charge in [0.25, 0.3) is 0 Å². The van der Waals surface area contributed by atoms with E-state index in [1.54, 1.807) is 14.2 Å². The molecule has 6 heteroatoms. The summed E-state index contributed by atoms with van der Waals surface area (Å²) in [6, 6.07) is 0.207. The Morgan fingerprint density at radius 1 is 1.50 bits per heavy atom. The summed E-state index contributed by atoms with van der Waals surface area (Å²) in [4.78, 5) is 11.2. The topological polar surface area (TPSA) is 69.1 Å². The van der Waals surface area contributed by atoms with Gasteiger partial charge in [0.15, 0.2) is 5.76 Å². The third-order valence-corrected chi connectivity index (χ3v) is 2.39. The Kier molecular flexibility index (Phi) is 5.23. The number of rotatable bonds is 6. The van der Waals surface area contributed by atoms with Gasteiger partial charge < -0.3 is 9.47 Å². The monoisotopic (exact) mass is 253 g/mol. The zero-order valence-electron chi connectivity index (χ0n) is 11.2. The molecule has 0 aliphatic heterocycles. The van der Waals surface area contributed by atoms with E-state index in [4.69, 9.17) is 9.47 Å². The van der Waals surface area contributed by atoms with Crippen LogP contribution < -0.4 is 10.4 Å². The highest BCUT2D eigenvalue weighted by atomic mass is 16.5. The first-order chi connectivity index (χ1) is 8.63. The van der Waals surface area contributed by atoms with Crippen molar-refractivity contribution in [2.75, 3.05) is 7.11 Å². The molecule has 0 atom stereocenters. The van der Waals surface area contributed by atoms with Gasteiger partial charge in [0.1, 0.15) is 5.76 Å². The molecule has 6 nitrogen and oxygen atoms in total. The zero-order valence-corrected chi connectivity index (χ0v) is 11.2. The van der Waals surface area contributed by atoms with E-state index in [2.05, 4.69) is 10.2 Å². The number of aromatic nitrogens is 3. The quantitative estimate of drug-likeness (QED) is 0.619. The van der Waals surface area contributed by atoms with Crippen molar-refractivity contribution >= 4 is 0 Å². The first-order valence-corrected chi connectivity index (χ1v) is 5.86. The molecule has 1 rings (SSSR count). The molecule has 1 aromatic heterocycles. The van der Waals surface area contributed by atoms with Crippen molar-refractivity contribution < 1.29 is 9.47 Å². The van der Waals surface area contributed by atoms with Crippen molar-refractivity contribution in [3.05, 3.63) is 34.2 Å². The lowest BCUT2D eigenvalue weighted by atomic mass is 10.3. The summed E-state index contributed by atoms with van der Waals surface area (Å²) >= 11 is 0. The smallest absolute Gasteiger partial charge is 0.345 e. The van der Waals surface area contributed by atoms with Crippen LogP contribution in [0.2, 0.25) is 0 Å². The normalized spacial score (nSPS) is 12.7. The molecule has 0 saturated heterocycles. The Labute approximate surface area is 106 Å². The third kappa shape index (κ3) is 3.26. The summed E-state index contributed by atoms with van der Waals surface area (Å²) in [7, 11) is 3.17. The molecule has 1 N–H and O–H groups in total. The van der Waals surface area contributed by atoms with Crippen LogP contribution in [-0.4, -0.2) is 21.9 Å². The highest BCUT2D eigenvalue weighted by Crippen LogP contribution is 2.15. The number of nitrogens with zero attached hydrogens (tertiary/aromatic N) is 2. The van der Waals surface area contributed by atoms with Gasteiger partial charge in [-0.25, -0.2) is 14.5 Å². The number of H-pyrrole nitrogens is 1. The second-order valence-electron chi connectivity index (χ2n) is 3.63. The van der Waals surface area contributed by atoms with E-state index in [9.17, 15) is 4.79 Å². The van der Waals surface area contributed by atoms with Gasteiger partial charge in [-0.05, 0) is 12.5 Å². The molecule has 0 aromatic carbocycles. The van der Waals surface area contributed by atoms with Gasteiger partial charge in [0, 0.05) is 13.5 Å². The molecule has 0 saturated carbocycles. The van der Waals surface area contributed by atoms with Crippen LogP contribution in [0.25, 0.3) is 0 Å². The maximum Gasteiger partial charge on any atom is 0.345 e. The molecule has 1 heterocycles. The molecule has 0 unspecified atom stereocenters. The van der Waals surface area contributed by atoms with Crippen molar-refractivity contribution in [1.82, 2.24) is 14.8 Å². The predicted octanol–water partition coefficient (Wildman–Crippen LogP) is 1.72. The molecule has 0 aliphatic carbocycles. The first-order valence-electron chi connectivity index (χ1n) is 5.86. The summed E-state index contributed by atoms with van der Waals surface area (Å²) < 4.78 is 12.2. The van der Waals surface area contributed by atoms with E-state index >= 15 is 0 Å². The fourth-order valence-corrected chi connectivity index (χ4v) is 1.35. The first kappa shape index (κ1) is 14.1. The highest BCUT2D eigenvalue weighted by Gasteiger charge is 2.11. The van der Waals surface area contributed by atoms with Gasteiger partial charge in [-0.1, -0.05) is 19.9 Å². The van der Waals surface area contributed by atoms with Crippen LogP contribution in [-0.2, 0) is 11.8 Å². The van der Waals surface area contributed by atoms with Crippen LogP contribution in [0.3, 0.4) is 0 Å². The molecule has 0 fully saturated rings. The number of nitrogens with one attached hydrogen (secondary N) is 1. The Balaban J connectivity index is 3.06. The van der Waals surface area contributed by atoms with Crippen molar-refractivity contribution in [2.45, 2.75) is 26.7 Å². The Morgan fingerprint density at radius 3 is 2.67 bits per heavy atom. The molecule has 1 aromatic rings. The minimum Gasteiger partial charge on any atom is -0.497 e. The fourth-order valence-electron chi connectivity index (χ4n) is 1.35. The Hall–Kier alpha value is -1.98. The van der Waals surface area contributed by atoms with Crippen molar-refractivity contribution in [2.24, 2.45) is 7.05 Å². The lowest BCUT2D eigenvalue weighted by molar-refractivity contribution is 0.249. The summed E-state index contributed by atoms with van der Waals surface area (Å²) in [6.45, 7) is 3.99. The standard InChI is InChI=1S/C12H19N3O3/c1-5-7-8-10(9(6-2)17-4)18-12-14-13-11(16)15(12)3/h7-8H,5-6H2,1-4H3,(H,13,16)/b8-7-,10-9-. The second kappa shape index (κ2) is 6.68. The second-order valence-corrected chi connectivity index (χ2v) is 3.63. The van der Waals surface area contributed by atoms with Gasteiger partial charge in [0.05, 0.1) is 7.11 Å². The lowest BCUT2D eigenvalue weighted by Gasteiger charge is -2.10. The fraction of sp³-hybridized carbons (Fsp3) is 0.500. The molecular weight excluding hydrogens is 234 g/mol. The number of allylic oxidation sites excluding steroid dienone is 3. The number of hydrogen-bond donors (Lipinski definition) is 1. The molecule has 0 aliphatic rings. The molecule has 18 heavy (non-hydrogen) atoms. The molecule has 100 valence electrons. The van der Waals surface area contributed by atoms with Gasteiger partial charge in [-0.2, -0.15) is 0 Å². The van der Waals surface area contributed by atoms with Gasteiger partial charge in [0.2, 0.25) is 0 Å². The Morgan fingerprint density at radius 2 is 2.22 bits per heavy atom. The van der Waals surface area contributed by atoms with Crippen LogP contribution in [0.15, 0.2) is 28.5 Å². The van der Waals surface area contributed by atoms with Crippen LogP contribution >= 0.6 is 0 Å². The molecule has 0 bridgehead atoms. The van der Waals surface area contributed by atoms with E-state index in [0.29, 0.717) is 17.9 Å². The molecule has 0 spiro atoms. The Bertz CT molecular complexity index is 491. The average Bonchev–Trinajstić information content (AvgIpc) is 2.69. The van der Waals surface area contributed by atoms with E-state index in [0.717, 1.165) is 6.42 Å². The van der Waals surface area contributed by atoms with Gasteiger partial charge in [-0.3, -0.25) is 0 Å². The van der Waals surface area contributed by atoms with E-state index < -0.39 is 0 Å². The maximum absolute atomic E-state index is 11.2. The summed E-state index contributed by atoms with van der Waals surface area (Å²) in [6.07, 6.45) is 5.35. The van der Waals surface area contributed by atoms with Crippen LogP contribution in [0.1, 0.15) is 26.7 Å². The predicted molar refractivity (Wildman–Crippen MR) is 68.2 cm³/mol. The maximum atomic E-state index is 11.2.